The standard InChI is InChI=1S/C17H19NO5S/c19-16(12-24(22,23)10-4-3-7-17(20)18-21)15-9-8-13-5-1-2-6-14(13)11-15/h1-2,5-6,8-9,11,21H,3-4,7,10,12H2,(H,18,20). The molecule has 0 aliphatic carbocycles. The van der Waals surface area contributed by atoms with Gasteiger partial charge < -0.3 is 0 Å². The maximum Gasteiger partial charge on any atom is 0.243 e. The Morgan fingerprint density at radius 2 is 1.71 bits per heavy atom. The molecule has 128 valence electrons. The molecule has 0 spiro atoms. The molecule has 2 N–H and O–H groups in total. The Bertz CT molecular complexity index is 845. The molecule has 2 aromatic rings. The van der Waals surface area contributed by atoms with Crippen molar-refractivity contribution in [2.75, 3.05) is 11.5 Å². The fraction of sp³-hybridized carbons (Fsp3) is 0.294. The molecular weight excluding hydrogens is 330 g/mol. The average Bonchev–Trinajstić information content (AvgIpc) is 2.57. The van der Waals surface area contributed by atoms with E-state index in [0.717, 1.165) is 10.8 Å². The van der Waals surface area contributed by atoms with E-state index in [9.17, 15) is 18.0 Å². The number of hydrogen-bond acceptors (Lipinski definition) is 5. The van der Waals surface area contributed by atoms with E-state index in [4.69, 9.17) is 5.21 Å². The minimum Gasteiger partial charge on any atom is -0.293 e. The van der Waals surface area contributed by atoms with Crippen LogP contribution in [0.15, 0.2) is 42.5 Å². The summed E-state index contributed by atoms with van der Waals surface area (Å²) in [7, 11) is -3.53. The van der Waals surface area contributed by atoms with Gasteiger partial charge in [0.2, 0.25) is 5.91 Å². The van der Waals surface area contributed by atoms with Crippen LogP contribution in [-0.4, -0.2) is 36.8 Å². The second-order valence-electron chi connectivity index (χ2n) is 5.57. The van der Waals surface area contributed by atoms with Crippen LogP contribution in [0.4, 0.5) is 0 Å². The van der Waals surface area contributed by atoms with E-state index in [1.807, 2.05) is 24.3 Å². The number of hydrogen-bond donors (Lipinski definition) is 2. The first-order chi connectivity index (χ1) is 11.4. The number of amides is 1. The van der Waals surface area contributed by atoms with Gasteiger partial charge in [-0.1, -0.05) is 36.4 Å². The minimum atomic E-state index is -3.53. The van der Waals surface area contributed by atoms with Crippen LogP contribution >= 0.6 is 0 Å². The lowest BCUT2D eigenvalue weighted by molar-refractivity contribution is -0.129. The third kappa shape index (κ3) is 5.14. The van der Waals surface area contributed by atoms with Gasteiger partial charge in [-0.05, 0) is 29.7 Å². The van der Waals surface area contributed by atoms with Gasteiger partial charge in [-0.15, -0.1) is 0 Å². The molecule has 0 fully saturated rings. The van der Waals surface area contributed by atoms with Gasteiger partial charge in [-0.25, -0.2) is 13.9 Å². The number of nitrogens with one attached hydrogen (secondary N) is 1. The summed E-state index contributed by atoms with van der Waals surface area (Å²) in [5, 5.41) is 10.2. The van der Waals surface area contributed by atoms with Crippen molar-refractivity contribution in [3.05, 3.63) is 48.0 Å². The fourth-order valence-corrected chi connectivity index (χ4v) is 3.74. The normalized spacial score (nSPS) is 11.4. The first kappa shape index (κ1) is 18.1. The van der Waals surface area contributed by atoms with Gasteiger partial charge in [0.05, 0.1) is 5.75 Å². The predicted octanol–water partition coefficient (Wildman–Crippen LogP) is 2.11. The molecule has 0 saturated carbocycles. The van der Waals surface area contributed by atoms with Gasteiger partial charge in [0.25, 0.3) is 0 Å². The molecule has 2 aromatic carbocycles. The number of fused-ring (bicyclic) bond motifs is 1. The number of ketones is 1. The smallest absolute Gasteiger partial charge is 0.243 e. The molecule has 0 unspecified atom stereocenters. The van der Waals surface area contributed by atoms with Crippen molar-refractivity contribution in [1.82, 2.24) is 5.48 Å². The number of benzene rings is 2. The summed E-state index contributed by atoms with van der Waals surface area (Å²) >= 11 is 0. The minimum absolute atomic E-state index is 0.0463. The molecule has 0 aromatic heterocycles. The molecular formula is C17H19NO5S. The lowest BCUT2D eigenvalue weighted by Crippen LogP contribution is -2.20. The summed E-state index contributed by atoms with van der Waals surface area (Å²) in [5.74, 6) is -1.70. The van der Waals surface area contributed by atoms with Crippen LogP contribution in [0.25, 0.3) is 10.8 Å². The molecule has 24 heavy (non-hydrogen) atoms. The Balaban J connectivity index is 1.95. The highest BCUT2D eigenvalue weighted by Gasteiger charge is 2.18. The highest BCUT2D eigenvalue weighted by molar-refractivity contribution is 7.92. The van der Waals surface area contributed by atoms with E-state index in [2.05, 4.69) is 0 Å². The number of carbonyl (C=O) groups excluding carboxylic acids is 2. The Kier molecular flexibility index (Phi) is 6.05. The molecule has 0 aliphatic heterocycles. The number of sulfone groups is 1. The highest BCUT2D eigenvalue weighted by Crippen LogP contribution is 2.16. The van der Waals surface area contributed by atoms with Crippen molar-refractivity contribution < 1.29 is 23.2 Å². The molecule has 0 bridgehead atoms. The van der Waals surface area contributed by atoms with Gasteiger partial charge >= 0.3 is 0 Å². The molecule has 7 heteroatoms. The van der Waals surface area contributed by atoms with Gasteiger partial charge in [-0.2, -0.15) is 0 Å². The number of carbonyl (C=O) groups is 2. The van der Waals surface area contributed by atoms with Crippen LogP contribution in [0.2, 0.25) is 0 Å². The van der Waals surface area contributed by atoms with Crippen LogP contribution in [0.1, 0.15) is 29.6 Å². The molecule has 6 nitrogen and oxygen atoms in total. The Hall–Kier alpha value is -2.25. The van der Waals surface area contributed by atoms with Crippen molar-refractivity contribution >= 4 is 32.3 Å². The lowest BCUT2D eigenvalue weighted by Gasteiger charge is -2.05. The van der Waals surface area contributed by atoms with Gasteiger partial charge in [0, 0.05) is 12.0 Å². The maximum atomic E-state index is 12.2. The maximum absolute atomic E-state index is 12.2. The number of unbranched alkanes of at least 4 members (excludes halogenated alkanes) is 1. The van der Waals surface area contributed by atoms with Crippen LogP contribution in [-0.2, 0) is 14.6 Å². The van der Waals surface area contributed by atoms with E-state index in [-0.39, 0.29) is 18.6 Å². The SMILES string of the molecule is O=C(CCCCS(=O)(=O)CC(=O)c1ccc2ccccc2c1)NO. The van der Waals surface area contributed by atoms with Gasteiger partial charge in [0.1, 0.15) is 5.75 Å². The average molecular weight is 349 g/mol. The quantitative estimate of drug-likeness (QED) is 0.329. The highest BCUT2D eigenvalue weighted by atomic mass is 32.2. The fourth-order valence-electron chi connectivity index (χ4n) is 2.38. The summed E-state index contributed by atoms with van der Waals surface area (Å²) in [4.78, 5) is 23.1. The molecule has 0 saturated heterocycles. The monoisotopic (exact) mass is 349 g/mol. The number of rotatable bonds is 8. The van der Waals surface area contributed by atoms with E-state index >= 15 is 0 Å². The topological polar surface area (TPSA) is 101 Å². The van der Waals surface area contributed by atoms with Gasteiger partial charge in [-0.3, -0.25) is 14.8 Å². The Morgan fingerprint density at radius 3 is 2.42 bits per heavy atom. The zero-order valence-electron chi connectivity index (χ0n) is 13.1. The summed E-state index contributed by atoms with van der Waals surface area (Å²) in [6.45, 7) is 0. The molecule has 0 aliphatic rings. The second-order valence-corrected chi connectivity index (χ2v) is 7.75. The lowest BCUT2D eigenvalue weighted by atomic mass is 10.1. The Labute approximate surface area is 140 Å². The number of hydroxylamine groups is 1. The molecule has 0 atom stereocenters. The second kappa shape index (κ2) is 8.03. The number of Topliss-reactive ketones (excluding diaryl/α,β-unsaturated/α-hetero) is 1. The molecule has 0 radical (unpaired) electrons. The van der Waals surface area contributed by atoms with Crippen molar-refractivity contribution in [2.45, 2.75) is 19.3 Å². The van der Waals surface area contributed by atoms with Crippen molar-refractivity contribution in [3.8, 4) is 0 Å². The van der Waals surface area contributed by atoms with E-state index in [1.54, 1.807) is 18.2 Å². The zero-order valence-corrected chi connectivity index (χ0v) is 13.9. The summed E-state index contributed by atoms with van der Waals surface area (Å²) in [6, 6.07) is 12.7. The first-order valence-electron chi connectivity index (χ1n) is 7.57. The third-order valence-electron chi connectivity index (χ3n) is 3.66. The zero-order chi connectivity index (χ0) is 17.6. The summed E-state index contributed by atoms with van der Waals surface area (Å²) in [6.07, 6.45) is 0.640. The molecule has 2 rings (SSSR count). The van der Waals surface area contributed by atoms with Crippen molar-refractivity contribution in [3.63, 3.8) is 0 Å². The molecule has 0 heterocycles. The summed E-state index contributed by atoms with van der Waals surface area (Å²) in [5.41, 5.74) is 1.86. The van der Waals surface area contributed by atoms with Crippen LogP contribution < -0.4 is 5.48 Å². The van der Waals surface area contributed by atoms with Crippen molar-refractivity contribution in [1.29, 1.82) is 0 Å². The largest absolute Gasteiger partial charge is 0.293 e. The first-order valence-corrected chi connectivity index (χ1v) is 9.39. The van der Waals surface area contributed by atoms with Crippen LogP contribution in [0, 0.1) is 0 Å². The van der Waals surface area contributed by atoms with E-state index in [0.29, 0.717) is 12.0 Å². The van der Waals surface area contributed by atoms with Crippen molar-refractivity contribution in [2.24, 2.45) is 0 Å². The van der Waals surface area contributed by atoms with Crippen LogP contribution in [0.5, 0.6) is 0 Å². The van der Waals surface area contributed by atoms with E-state index < -0.39 is 27.3 Å². The summed E-state index contributed by atoms with van der Waals surface area (Å²) < 4.78 is 24.0. The molecule has 1 amide bonds. The van der Waals surface area contributed by atoms with Gasteiger partial charge in [0.15, 0.2) is 15.6 Å². The van der Waals surface area contributed by atoms with E-state index in [1.165, 1.54) is 5.48 Å². The third-order valence-corrected chi connectivity index (χ3v) is 5.27. The predicted molar refractivity (Wildman–Crippen MR) is 90.7 cm³/mol. The van der Waals surface area contributed by atoms with Crippen LogP contribution in [0.3, 0.4) is 0 Å². The Morgan fingerprint density at radius 1 is 1.00 bits per heavy atom.